The van der Waals surface area contributed by atoms with E-state index < -0.39 is 0 Å². The Labute approximate surface area is 142 Å². The Kier molecular flexibility index (Phi) is 4.51. The third kappa shape index (κ3) is 3.67. The Balaban J connectivity index is 1.46. The van der Waals surface area contributed by atoms with Gasteiger partial charge in [-0.1, -0.05) is 6.07 Å². The fourth-order valence-electron chi connectivity index (χ4n) is 3.35. The molecular weight excluding hydrogens is 306 g/mol. The highest BCUT2D eigenvalue weighted by atomic mass is 32.1. The Morgan fingerprint density at radius 2 is 2.26 bits per heavy atom. The normalized spacial score (nSPS) is 21.5. The van der Waals surface area contributed by atoms with Gasteiger partial charge in [-0.15, -0.1) is 11.3 Å². The SMILES string of the molecule is CCn1cc2c(n1)[C@@H](COCC1CC1)CN(Cc1cccs1)C2. The van der Waals surface area contributed by atoms with Crippen molar-refractivity contribution in [2.75, 3.05) is 19.8 Å². The fourth-order valence-corrected chi connectivity index (χ4v) is 4.09. The van der Waals surface area contributed by atoms with Gasteiger partial charge in [-0.3, -0.25) is 9.58 Å². The van der Waals surface area contributed by atoms with E-state index in [1.807, 2.05) is 11.3 Å². The molecule has 0 aromatic carbocycles. The summed E-state index contributed by atoms with van der Waals surface area (Å²) < 4.78 is 8.08. The van der Waals surface area contributed by atoms with Crippen LogP contribution in [0.3, 0.4) is 0 Å². The van der Waals surface area contributed by atoms with Gasteiger partial charge in [0.2, 0.25) is 0 Å². The molecule has 0 saturated heterocycles. The van der Waals surface area contributed by atoms with Gasteiger partial charge in [-0.05, 0) is 37.1 Å². The maximum absolute atomic E-state index is 6.01. The van der Waals surface area contributed by atoms with Gasteiger partial charge in [-0.2, -0.15) is 5.10 Å². The smallest absolute Gasteiger partial charge is 0.0736 e. The van der Waals surface area contributed by atoms with Crippen molar-refractivity contribution in [1.29, 1.82) is 0 Å². The molecule has 4 nitrogen and oxygen atoms in total. The third-order valence-electron chi connectivity index (χ3n) is 4.78. The molecule has 3 heterocycles. The van der Waals surface area contributed by atoms with E-state index in [1.54, 1.807) is 0 Å². The van der Waals surface area contributed by atoms with Crippen molar-refractivity contribution >= 4 is 11.3 Å². The summed E-state index contributed by atoms with van der Waals surface area (Å²) in [5.41, 5.74) is 2.65. The average Bonchev–Trinajstić information content (AvgIpc) is 3.06. The van der Waals surface area contributed by atoms with Crippen LogP contribution in [0.1, 0.15) is 41.8 Å². The molecule has 5 heteroatoms. The van der Waals surface area contributed by atoms with Gasteiger partial charge in [0.25, 0.3) is 0 Å². The Morgan fingerprint density at radius 1 is 1.35 bits per heavy atom. The van der Waals surface area contributed by atoms with E-state index in [1.165, 1.54) is 29.0 Å². The molecule has 1 aliphatic carbocycles. The zero-order chi connectivity index (χ0) is 15.6. The average molecular weight is 331 g/mol. The molecule has 1 saturated carbocycles. The van der Waals surface area contributed by atoms with Crippen LogP contribution >= 0.6 is 11.3 Å². The molecule has 2 aromatic heterocycles. The molecule has 0 N–H and O–H groups in total. The van der Waals surface area contributed by atoms with Gasteiger partial charge < -0.3 is 4.74 Å². The van der Waals surface area contributed by atoms with Gasteiger partial charge in [0.15, 0.2) is 0 Å². The predicted octanol–water partition coefficient (Wildman–Crippen LogP) is 3.49. The quantitative estimate of drug-likeness (QED) is 0.778. The monoisotopic (exact) mass is 331 g/mol. The van der Waals surface area contributed by atoms with Crippen LogP contribution in [-0.2, 0) is 24.4 Å². The summed E-state index contributed by atoms with van der Waals surface area (Å²) in [6, 6.07) is 4.37. The lowest BCUT2D eigenvalue weighted by Crippen LogP contribution is -2.34. The van der Waals surface area contributed by atoms with Gasteiger partial charge in [-0.25, -0.2) is 0 Å². The molecule has 23 heavy (non-hydrogen) atoms. The number of aromatic nitrogens is 2. The van der Waals surface area contributed by atoms with Crippen LogP contribution in [0.5, 0.6) is 0 Å². The van der Waals surface area contributed by atoms with E-state index in [4.69, 9.17) is 9.84 Å². The molecule has 0 spiro atoms. The molecule has 0 radical (unpaired) electrons. The summed E-state index contributed by atoms with van der Waals surface area (Å²) >= 11 is 1.85. The minimum atomic E-state index is 0.408. The van der Waals surface area contributed by atoms with Gasteiger partial charge in [0.1, 0.15) is 0 Å². The number of thiophene rings is 1. The number of ether oxygens (including phenoxy) is 1. The van der Waals surface area contributed by atoms with Crippen molar-refractivity contribution in [3.63, 3.8) is 0 Å². The second-order valence-electron chi connectivity index (χ2n) is 6.82. The van der Waals surface area contributed by atoms with E-state index >= 15 is 0 Å². The van der Waals surface area contributed by atoms with Crippen LogP contribution < -0.4 is 0 Å². The summed E-state index contributed by atoms with van der Waals surface area (Å²) in [5, 5.41) is 6.97. The van der Waals surface area contributed by atoms with E-state index in [2.05, 4.69) is 40.2 Å². The van der Waals surface area contributed by atoms with E-state index in [0.717, 1.165) is 45.3 Å². The number of hydrogen-bond donors (Lipinski definition) is 0. The molecule has 2 aliphatic rings. The van der Waals surface area contributed by atoms with E-state index in [-0.39, 0.29) is 0 Å². The lowest BCUT2D eigenvalue weighted by molar-refractivity contribution is 0.0883. The first kappa shape index (κ1) is 15.4. The number of nitrogens with zero attached hydrogens (tertiary/aromatic N) is 3. The van der Waals surface area contributed by atoms with Crippen LogP contribution in [-0.4, -0.2) is 34.4 Å². The lowest BCUT2D eigenvalue weighted by atomic mass is 9.97. The first-order chi connectivity index (χ1) is 11.3. The van der Waals surface area contributed by atoms with E-state index in [9.17, 15) is 0 Å². The fraction of sp³-hybridized carbons (Fsp3) is 0.611. The van der Waals surface area contributed by atoms with Crippen molar-refractivity contribution < 1.29 is 4.74 Å². The summed E-state index contributed by atoms with van der Waals surface area (Å²) in [4.78, 5) is 3.98. The minimum absolute atomic E-state index is 0.408. The van der Waals surface area contributed by atoms with Gasteiger partial charge >= 0.3 is 0 Å². The van der Waals surface area contributed by atoms with Crippen LogP contribution in [0.2, 0.25) is 0 Å². The molecule has 0 amide bonds. The Hall–Kier alpha value is -1.17. The Bertz CT molecular complexity index is 633. The molecule has 1 atom stereocenters. The second-order valence-corrected chi connectivity index (χ2v) is 7.85. The summed E-state index contributed by atoms with van der Waals surface area (Å²) in [5.74, 6) is 1.23. The minimum Gasteiger partial charge on any atom is -0.380 e. The van der Waals surface area contributed by atoms with Crippen molar-refractivity contribution in [1.82, 2.24) is 14.7 Å². The highest BCUT2D eigenvalue weighted by Gasteiger charge is 2.29. The van der Waals surface area contributed by atoms with Crippen molar-refractivity contribution in [3.8, 4) is 0 Å². The number of fused-ring (bicyclic) bond motifs is 1. The summed E-state index contributed by atoms with van der Waals surface area (Å²) in [6.07, 6.45) is 4.93. The highest BCUT2D eigenvalue weighted by molar-refractivity contribution is 7.09. The van der Waals surface area contributed by atoms with Crippen LogP contribution in [0.15, 0.2) is 23.7 Å². The topological polar surface area (TPSA) is 30.3 Å². The zero-order valence-electron chi connectivity index (χ0n) is 13.8. The molecule has 0 unspecified atom stereocenters. The molecule has 1 aliphatic heterocycles. The Morgan fingerprint density at radius 3 is 3.00 bits per heavy atom. The second kappa shape index (κ2) is 6.75. The van der Waals surface area contributed by atoms with Crippen molar-refractivity contribution in [3.05, 3.63) is 39.8 Å². The zero-order valence-corrected chi connectivity index (χ0v) is 14.6. The third-order valence-corrected chi connectivity index (χ3v) is 5.64. The van der Waals surface area contributed by atoms with Crippen molar-refractivity contribution in [2.45, 2.75) is 45.3 Å². The molecular formula is C18H25N3OS. The van der Waals surface area contributed by atoms with Crippen molar-refractivity contribution in [2.24, 2.45) is 5.92 Å². The highest BCUT2D eigenvalue weighted by Crippen LogP contribution is 2.32. The summed E-state index contributed by atoms with van der Waals surface area (Å²) in [6.45, 7) is 7.93. The van der Waals surface area contributed by atoms with Crippen LogP contribution in [0.25, 0.3) is 0 Å². The first-order valence-corrected chi connectivity index (χ1v) is 9.58. The maximum Gasteiger partial charge on any atom is 0.0736 e. The molecule has 1 fully saturated rings. The van der Waals surface area contributed by atoms with E-state index in [0.29, 0.717) is 5.92 Å². The predicted molar refractivity (Wildman–Crippen MR) is 92.6 cm³/mol. The lowest BCUT2D eigenvalue weighted by Gasteiger charge is -2.31. The number of hydrogen-bond acceptors (Lipinski definition) is 4. The number of rotatable bonds is 7. The van der Waals surface area contributed by atoms with Gasteiger partial charge in [0.05, 0.1) is 12.3 Å². The molecule has 2 aromatic rings. The standard InChI is InChI=1S/C18H25N3OS/c1-2-21-10-15-8-20(11-17-4-3-7-23-17)9-16(18(15)19-21)13-22-12-14-5-6-14/h3-4,7,10,14,16H,2,5-6,8-9,11-13H2,1H3/t16-/m1/s1. The molecule has 4 rings (SSSR count). The number of aryl methyl sites for hydroxylation is 1. The first-order valence-electron chi connectivity index (χ1n) is 8.70. The molecule has 124 valence electrons. The van der Waals surface area contributed by atoms with Gasteiger partial charge in [0, 0.05) is 55.3 Å². The van der Waals surface area contributed by atoms with Crippen LogP contribution in [0.4, 0.5) is 0 Å². The molecule has 0 bridgehead atoms. The summed E-state index contributed by atoms with van der Waals surface area (Å²) in [7, 11) is 0. The largest absolute Gasteiger partial charge is 0.380 e. The maximum atomic E-state index is 6.01. The van der Waals surface area contributed by atoms with Crippen LogP contribution in [0, 0.1) is 5.92 Å².